The first-order valence-electron chi connectivity index (χ1n) is 6.63. The summed E-state index contributed by atoms with van der Waals surface area (Å²) in [5.74, 6) is 1.18. The normalized spacial score (nSPS) is 20.6. The highest BCUT2D eigenvalue weighted by Gasteiger charge is 2.27. The van der Waals surface area contributed by atoms with Gasteiger partial charge < -0.3 is 15.2 Å². The summed E-state index contributed by atoms with van der Waals surface area (Å²) in [4.78, 5) is 0. The lowest BCUT2D eigenvalue weighted by molar-refractivity contribution is 0.161. The summed E-state index contributed by atoms with van der Waals surface area (Å²) in [7, 11) is 1.62. The van der Waals surface area contributed by atoms with Gasteiger partial charge in [-0.1, -0.05) is 6.07 Å². The number of halogens is 2. The fraction of sp³-hybridized carbons (Fsp3) is 0.250. The third-order valence-corrected chi connectivity index (χ3v) is 4.31. The Labute approximate surface area is 131 Å². The Morgan fingerprint density at radius 1 is 1.29 bits per heavy atom. The van der Waals surface area contributed by atoms with E-state index in [4.69, 9.17) is 15.2 Å². The van der Waals surface area contributed by atoms with Gasteiger partial charge in [0.2, 0.25) is 0 Å². The predicted octanol–water partition coefficient (Wildman–Crippen LogP) is 4.12. The zero-order chi connectivity index (χ0) is 15.0. The molecule has 1 aliphatic rings. The van der Waals surface area contributed by atoms with Gasteiger partial charge in [0.05, 0.1) is 11.6 Å². The van der Waals surface area contributed by atoms with E-state index in [2.05, 4.69) is 15.9 Å². The lowest BCUT2D eigenvalue weighted by Crippen LogP contribution is -2.24. The van der Waals surface area contributed by atoms with Crippen molar-refractivity contribution < 1.29 is 13.9 Å². The van der Waals surface area contributed by atoms with Crippen LogP contribution in [0.2, 0.25) is 0 Å². The first kappa shape index (κ1) is 14.4. The number of ether oxygens (including phenoxy) is 2. The molecule has 0 aromatic heterocycles. The van der Waals surface area contributed by atoms with Gasteiger partial charge in [-0.2, -0.15) is 0 Å². The molecule has 1 heterocycles. The van der Waals surface area contributed by atoms with E-state index in [1.54, 1.807) is 13.2 Å². The van der Waals surface area contributed by atoms with Crippen molar-refractivity contribution in [2.24, 2.45) is 5.73 Å². The van der Waals surface area contributed by atoms with Gasteiger partial charge in [-0.3, -0.25) is 0 Å². The van der Waals surface area contributed by atoms with E-state index in [0.29, 0.717) is 10.9 Å². The van der Waals surface area contributed by atoms with E-state index in [9.17, 15) is 4.39 Å². The molecule has 0 radical (unpaired) electrons. The van der Waals surface area contributed by atoms with Crippen LogP contribution in [0, 0.1) is 5.82 Å². The topological polar surface area (TPSA) is 44.5 Å². The molecule has 0 saturated heterocycles. The van der Waals surface area contributed by atoms with Crippen molar-refractivity contribution in [1.29, 1.82) is 0 Å². The SMILES string of the molecule is COc1ccc2c(c1)[C@@H](N)CC(c1ccc(Br)c(F)c1)O2. The van der Waals surface area contributed by atoms with Gasteiger partial charge in [0.15, 0.2) is 0 Å². The maximum atomic E-state index is 13.7. The largest absolute Gasteiger partial charge is 0.497 e. The van der Waals surface area contributed by atoms with Gasteiger partial charge in [-0.15, -0.1) is 0 Å². The second kappa shape index (κ2) is 5.66. The molecule has 0 amide bonds. The van der Waals surface area contributed by atoms with E-state index in [1.165, 1.54) is 6.07 Å². The van der Waals surface area contributed by atoms with E-state index < -0.39 is 0 Å². The summed E-state index contributed by atoms with van der Waals surface area (Å²) in [5.41, 5.74) is 7.93. The molecule has 5 heteroatoms. The molecule has 1 unspecified atom stereocenters. The molecule has 1 aliphatic heterocycles. The van der Waals surface area contributed by atoms with Crippen LogP contribution < -0.4 is 15.2 Å². The molecule has 0 bridgehead atoms. The fourth-order valence-corrected chi connectivity index (χ4v) is 2.77. The van der Waals surface area contributed by atoms with Crippen LogP contribution in [0.1, 0.15) is 29.7 Å². The molecule has 0 saturated carbocycles. The van der Waals surface area contributed by atoms with Gasteiger partial charge in [-0.25, -0.2) is 4.39 Å². The zero-order valence-corrected chi connectivity index (χ0v) is 13.1. The van der Waals surface area contributed by atoms with Crippen molar-refractivity contribution in [2.75, 3.05) is 7.11 Å². The van der Waals surface area contributed by atoms with Gasteiger partial charge in [0.25, 0.3) is 0 Å². The summed E-state index contributed by atoms with van der Waals surface area (Å²) in [6, 6.07) is 10.4. The van der Waals surface area contributed by atoms with E-state index in [-0.39, 0.29) is 18.0 Å². The van der Waals surface area contributed by atoms with Crippen LogP contribution in [-0.2, 0) is 0 Å². The summed E-state index contributed by atoms with van der Waals surface area (Å²) in [5, 5.41) is 0. The average Bonchev–Trinajstić information content (AvgIpc) is 2.49. The minimum atomic E-state index is -0.301. The first-order valence-corrected chi connectivity index (χ1v) is 7.43. The Morgan fingerprint density at radius 3 is 2.81 bits per heavy atom. The van der Waals surface area contributed by atoms with Crippen molar-refractivity contribution in [3.8, 4) is 11.5 Å². The summed E-state index contributed by atoms with van der Waals surface area (Å²) >= 11 is 3.15. The Hall–Kier alpha value is -1.59. The molecular formula is C16H15BrFNO2. The fourth-order valence-electron chi connectivity index (χ4n) is 2.53. The zero-order valence-electron chi connectivity index (χ0n) is 11.5. The lowest BCUT2D eigenvalue weighted by atomic mass is 9.93. The third-order valence-electron chi connectivity index (χ3n) is 3.67. The van der Waals surface area contributed by atoms with E-state index in [1.807, 2.05) is 24.3 Å². The van der Waals surface area contributed by atoms with Crippen molar-refractivity contribution in [1.82, 2.24) is 0 Å². The molecule has 21 heavy (non-hydrogen) atoms. The van der Waals surface area contributed by atoms with Crippen molar-refractivity contribution in [3.05, 3.63) is 57.8 Å². The van der Waals surface area contributed by atoms with Crippen LogP contribution in [0.25, 0.3) is 0 Å². The van der Waals surface area contributed by atoms with Crippen molar-refractivity contribution >= 4 is 15.9 Å². The number of benzene rings is 2. The molecule has 2 atom stereocenters. The number of rotatable bonds is 2. The van der Waals surface area contributed by atoms with Crippen LogP contribution in [0.4, 0.5) is 4.39 Å². The number of nitrogens with two attached hydrogens (primary N) is 1. The molecule has 3 nitrogen and oxygen atoms in total. The number of hydrogen-bond acceptors (Lipinski definition) is 3. The summed E-state index contributed by atoms with van der Waals surface area (Å²) in [6.07, 6.45) is 0.352. The molecular weight excluding hydrogens is 337 g/mol. The number of methoxy groups -OCH3 is 1. The lowest BCUT2D eigenvalue weighted by Gasteiger charge is -2.31. The van der Waals surface area contributed by atoms with Crippen molar-refractivity contribution in [3.63, 3.8) is 0 Å². The van der Waals surface area contributed by atoms with E-state index in [0.717, 1.165) is 22.6 Å². The molecule has 3 rings (SSSR count). The second-order valence-corrected chi connectivity index (χ2v) is 5.88. The van der Waals surface area contributed by atoms with Gasteiger partial charge >= 0.3 is 0 Å². The Kier molecular flexibility index (Phi) is 3.87. The standard InChI is InChI=1S/C16H15BrFNO2/c1-20-10-3-5-15-11(7-10)14(19)8-16(21-15)9-2-4-12(17)13(18)6-9/h2-7,14,16H,8,19H2,1H3/t14-,16?/m0/s1. The quantitative estimate of drug-likeness (QED) is 0.884. The van der Waals surface area contributed by atoms with Crippen LogP contribution >= 0.6 is 15.9 Å². The Bertz CT molecular complexity index is 677. The molecule has 2 N–H and O–H groups in total. The van der Waals surface area contributed by atoms with E-state index >= 15 is 0 Å². The number of fused-ring (bicyclic) bond motifs is 1. The van der Waals surface area contributed by atoms with Crippen LogP contribution in [-0.4, -0.2) is 7.11 Å². The van der Waals surface area contributed by atoms with Crippen LogP contribution in [0.5, 0.6) is 11.5 Å². The molecule has 0 aliphatic carbocycles. The molecule has 0 fully saturated rings. The third kappa shape index (κ3) is 2.76. The first-order chi connectivity index (χ1) is 10.1. The monoisotopic (exact) mass is 351 g/mol. The second-order valence-electron chi connectivity index (χ2n) is 5.03. The minimum absolute atomic E-state index is 0.166. The maximum absolute atomic E-state index is 13.7. The van der Waals surface area contributed by atoms with Crippen LogP contribution in [0.15, 0.2) is 40.9 Å². The highest BCUT2D eigenvalue weighted by molar-refractivity contribution is 9.10. The number of hydrogen-bond donors (Lipinski definition) is 1. The Balaban J connectivity index is 1.92. The van der Waals surface area contributed by atoms with Crippen molar-refractivity contribution in [2.45, 2.75) is 18.6 Å². The highest BCUT2D eigenvalue weighted by atomic mass is 79.9. The Morgan fingerprint density at radius 2 is 2.10 bits per heavy atom. The smallest absolute Gasteiger partial charge is 0.137 e. The maximum Gasteiger partial charge on any atom is 0.137 e. The molecule has 2 aromatic rings. The minimum Gasteiger partial charge on any atom is -0.497 e. The predicted molar refractivity (Wildman–Crippen MR) is 82.0 cm³/mol. The van der Waals surface area contributed by atoms with Gasteiger partial charge in [0, 0.05) is 18.0 Å². The average molecular weight is 352 g/mol. The molecule has 110 valence electrons. The highest BCUT2D eigenvalue weighted by Crippen LogP contribution is 2.41. The van der Waals surface area contributed by atoms with Gasteiger partial charge in [0.1, 0.15) is 23.4 Å². The summed E-state index contributed by atoms with van der Waals surface area (Å²) < 4.78 is 25.3. The van der Waals surface area contributed by atoms with Crippen LogP contribution in [0.3, 0.4) is 0 Å². The molecule has 0 spiro atoms. The van der Waals surface area contributed by atoms with Gasteiger partial charge in [-0.05, 0) is 51.8 Å². The summed E-state index contributed by atoms with van der Waals surface area (Å²) in [6.45, 7) is 0. The molecule has 2 aromatic carbocycles.